The van der Waals surface area contributed by atoms with Crippen molar-refractivity contribution < 1.29 is 14.3 Å². The van der Waals surface area contributed by atoms with Crippen LogP contribution in [0.1, 0.15) is 49.7 Å². The highest BCUT2D eigenvalue weighted by molar-refractivity contribution is 5.85. The first kappa shape index (κ1) is 23.5. The van der Waals surface area contributed by atoms with Crippen LogP contribution in [0.5, 0.6) is 0 Å². The molecule has 0 radical (unpaired) electrons. The third-order valence-electron chi connectivity index (χ3n) is 7.16. The first-order chi connectivity index (χ1) is 16.0. The Labute approximate surface area is 197 Å². The number of benzene rings is 2. The van der Waals surface area contributed by atoms with Gasteiger partial charge in [0.15, 0.2) is 0 Å². The zero-order valence-electron chi connectivity index (χ0n) is 19.9. The lowest BCUT2D eigenvalue weighted by molar-refractivity contribution is -0.141. The van der Waals surface area contributed by atoms with Crippen LogP contribution >= 0.6 is 0 Å². The average molecular weight is 449 g/mol. The number of hydrogen-bond acceptors (Lipinski definition) is 3. The largest absolute Gasteiger partial charge is 0.378 e. The van der Waals surface area contributed by atoms with Crippen molar-refractivity contribution in [3.05, 3.63) is 59.7 Å². The standard InChI is InChI=1S/C28H36N2O3/c1-21-7-3-9-23(17-21)24-10-4-8-22(18-24)19-28(27(32)29-2)14-6-15-30(20-28)26(31)13-12-25-11-5-16-33-25/h3-4,7-10,17-18,25H,5-6,11-16,19-20H2,1-2H3,(H,29,32)/t25-,28-/m1/s1. The van der Waals surface area contributed by atoms with Crippen LogP contribution in [-0.2, 0) is 20.7 Å². The molecule has 2 aliphatic heterocycles. The van der Waals surface area contributed by atoms with Crippen LogP contribution in [0.15, 0.2) is 48.5 Å². The lowest BCUT2D eigenvalue weighted by Crippen LogP contribution is -2.54. The van der Waals surface area contributed by atoms with Gasteiger partial charge < -0.3 is 15.0 Å². The van der Waals surface area contributed by atoms with Gasteiger partial charge in [-0.2, -0.15) is 0 Å². The number of ether oxygens (including phenoxy) is 1. The van der Waals surface area contributed by atoms with E-state index in [-0.39, 0.29) is 17.9 Å². The minimum atomic E-state index is -0.599. The number of likely N-dealkylation sites (tertiary alicyclic amines) is 1. The van der Waals surface area contributed by atoms with Gasteiger partial charge in [-0.1, -0.05) is 54.1 Å². The number of piperidine rings is 1. The predicted octanol–water partition coefficient (Wildman–Crippen LogP) is 4.52. The van der Waals surface area contributed by atoms with Crippen molar-refractivity contribution in [1.29, 1.82) is 0 Å². The molecule has 0 saturated carbocycles. The van der Waals surface area contributed by atoms with Crippen LogP contribution in [0.25, 0.3) is 11.1 Å². The van der Waals surface area contributed by atoms with Crippen LogP contribution in [0.2, 0.25) is 0 Å². The third-order valence-corrected chi connectivity index (χ3v) is 7.16. The lowest BCUT2D eigenvalue weighted by Gasteiger charge is -2.42. The normalized spacial score (nSPS) is 22.8. The van der Waals surface area contributed by atoms with E-state index in [1.165, 1.54) is 11.1 Å². The van der Waals surface area contributed by atoms with Crippen molar-refractivity contribution in [3.8, 4) is 11.1 Å². The molecule has 33 heavy (non-hydrogen) atoms. The van der Waals surface area contributed by atoms with Gasteiger partial charge in [0.2, 0.25) is 11.8 Å². The molecule has 2 fully saturated rings. The van der Waals surface area contributed by atoms with Crippen LogP contribution < -0.4 is 5.32 Å². The molecule has 2 aliphatic rings. The second-order valence-corrected chi connectivity index (χ2v) is 9.70. The summed E-state index contributed by atoms with van der Waals surface area (Å²) in [6, 6.07) is 17.0. The van der Waals surface area contributed by atoms with Gasteiger partial charge in [0.25, 0.3) is 0 Å². The lowest BCUT2D eigenvalue weighted by atomic mass is 9.74. The van der Waals surface area contributed by atoms with Gasteiger partial charge in [-0.3, -0.25) is 9.59 Å². The molecule has 2 aromatic rings. The predicted molar refractivity (Wildman–Crippen MR) is 131 cm³/mol. The summed E-state index contributed by atoms with van der Waals surface area (Å²) in [4.78, 5) is 28.1. The topological polar surface area (TPSA) is 58.6 Å². The van der Waals surface area contributed by atoms with E-state index in [1.54, 1.807) is 7.05 Å². The van der Waals surface area contributed by atoms with E-state index in [1.807, 2.05) is 4.90 Å². The van der Waals surface area contributed by atoms with E-state index < -0.39 is 5.41 Å². The number of nitrogens with zero attached hydrogens (tertiary/aromatic N) is 1. The molecule has 2 saturated heterocycles. The molecule has 0 aromatic heterocycles. The van der Waals surface area contributed by atoms with Crippen molar-refractivity contribution in [2.24, 2.45) is 5.41 Å². The van der Waals surface area contributed by atoms with E-state index in [0.29, 0.717) is 19.4 Å². The molecule has 0 bridgehead atoms. The number of carbonyl (C=O) groups is 2. The average Bonchev–Trinajstić information content (AvgIpc) is 3.36. The number of aryl methyl sites for hydroxylation is 1. The summed E-state index contributed by atoms with van der Waals surface area (Å²) >= 11 is 0. The van der Waals surface area contributed by atoms with Gasteiger partial charge in [0, 0.05) is 33.2 Å². The van der Waals surface area contributed by atoms with Gasteiger partial charge >= 0.3 is 0 Å². The number of rotatable bonds is 7. The van der Waals surface area contributed by atoms with Crippen LogP contribution in [-0.4, -0.2) is 49.6 Å². The van der Waals surface area contributed by atoms with Crippen LogP contribution in [0.3, 0.4) is 0 Å². The quantitative estimate of drug-likeness (QED) is 0.678. The third kappa shape index (κ3) is 5.64. The molecule has 5 heteroatoms. The van der Waals surface area contributed by atoms with Crippen molar-refractivity contribution in [2.45, 2.75) is 58.0 Å². The monoisotopic (exact) mass is 448 g/mol. The molecule has 2 aromatic carbocycles. The Kier molecular flexibility index (Phi) is 7.49. The zero-order chi connectivity index (χ0) is 23.3. The Balaban J connectivity index is 1.50. The molecular weight excluding hydrogens is 412 g/mol. The summed E-state index contributed by atoms with van der Waals surface area (Å²) in [6.07, 6.45) is 5.89. The summed E-state index contributed by atoms with van der Waals surface area (Å²) in [5.41, 5.74) is 4.09. The second-order valence-electron chi connectivity index (χ2n) is 9.70. The summed E-state index contributed by atoms with van der Waals surface area (Å²) in [5, 5.41) is 2.89. The molecule has 0 aliphatic carbocycles. The van der Waals surface area contributed by atoms with Gasteiger partial charge in [0.1, 0.15) is 0 Å². The maximum absolute atomic E-state index is 13.2. The molecule has 2 atom stereocenters. The molecule has 2 amide bonds. The summed E-state index contributed by atoms with van der Waals surface area (Å²) in [5.74, 6) is 0.173. The summed E-state index contributed by atoms with van der Waals surface area (Å²) < 4.78 is 5.69. The van der Waals surface area contributed by atoms with Gasteiger partial charge in [-0.15, -0.1) is 0 Å². The number of carbonyl (C=O) groups excluding carboxylic acids is 2. The molecule has 0 unspecified atom stereocenters. The highest BCUT2D eigenvalue weighted by Gasteiger charge is 2.43. The molecular formula is C28H36N2O3. The van der Waals surface area contributed by atoms with Crippen molar-refractivity contribution >= 4 is 11.8 Å². The van der Waals surface area contributed by atoms with Crippen molar-refractivity contribution in [3.63, 3.8) is 0 Å². The van der Waals surface area contributed by atoms with Crippen molar-refractivity contribution in [1.82, 2.24) is 10.2 Å². The highest BCUT2D eigenvalue weighted by Crippen LogP contribution is 2.36. The molecule has 0 spiro atoms. The van der Waals surface area contributed by atoms with Gasteiger partial charge in [-0.25, -0.2) is 0 Å². The molecule has 4 rings (SSSR count). The zero-order valence-corrected chi connectivity index (χ0v) is 19.9. The molecule has 2 heterocycles. The van der Waals surface area contributed by atoms with Crippen LogP contribution in [0.4, 0.5) is 0 Å². The summed E-state index contributed by atoms with van der Waals surface area (Å²) in [7, 11) is 1.70. The van der Waals surface area contributed by atoms with E-state index >= 15 is 0 Å². The fourth-order valence-electron chi connectivity index (χ4n) is 5.41. The second kappa shape index (κ2) is 10.5. The summed E-state index contributed by atoms with van der Waals surface area (Å²) in [6.45, 7) is 4.11. The Morgan fingerprint density at radius 3 is 2.64 bits per heavy atom. The first-order valence-corrected chi connectivity index (χ1v) is 12.3. The molecule has 176 valence electrons. The Morgan fingerprint density at radius 1 is 1.12 bits per heavy atom. The molecule has 5 nitrogen and oxygen atoms in total. The van der Waals surface area contributed by atoms with E-state index in [2.05, 4.69) is 60.8 Å². The Morgan fingerprint density at radius 2 is 1.91 bits per heavy atom. The number of nitrogens with one attached hydrogen (secondary N) is 1. The maximum atomic E-state index is 13.2. The van der Waals surface area contributed by atoms with E-state index in [9.17, 15) is 9.59 Å². The Bertz CT molecular complexity index is 983. The SMILES string of the molecule is CNC(=O)[C@@]1(Cc2cccc(-c3cccc(C)c3)c2)CCCN(C(=O)CC[C@H]2CCCO2)C1. The van der Waals surface area contributed by atoms with Crippen molar-refractivity contribution in [2.75, 3.05) is 26.7 Å². The van der Waals surface area contributed by atoms with Gasteiger partial charge in [0.05, 0.1) is 11.5 Å². The fourth-order valence-corrected chi connectivity index (χ4v) is 5.41. The van der Waals surface area contributed by atoms with E-state index in [0.717, 1.165) is 56.4 Å². The minimum Gasteiger partial charge on any atom is -0.378 e. The van der Waals surface area contributed by atoms with Gasteiger partial charge in [-0.05, 0) is 62.1 Å². The Hall–Kier alpha value is -2.66. The minimum absolute atomic E-state index is 0.0279. The smallest absolute Gasteiger partial charge is 0.228 e. The number of hydrogen-bond donors (Lipinski definition) is 1. The first-order valence-electron chi connectivity index (χ1n) is 12.3. The van der Waals surface area contributed by atoms with E-state index in [4.69, 9.17) is 4.74 Å². The number of amides is 2. The van der Waals surface area contributed by atoms with Crippen LogP contribution in [0, 0.1) is 12.3 Å². The highest BCUT2D eigenvalue weighted by atomic mass is 16.5. The maximum Gasteiger partial charge on any atom is 0.228 e. The molecule has 1 N–H and O–H groups in total. The fraction of sp³-hybridized carbons (Fsp3) is 0.500.